The van der Waals surface area contributed by atoms with Crippen LogP contribution in [0.3, 0.4) is 0 Å². The monoisotopic (exact) mass is 228 g/mol. The Morgan fingerprint density at radius 1 is 1.47 bits per heavy atom. The molecule has 3 nitrogen and oxygen atoms in total. The zero-order chi connectivity index (χ0) is 11.3. The van der Waals surface area contributed by atoms with Gasteiger partial charge in [-0.25, -0.2) is 0 Å². The smallest absolute Gasteiger partial charge is 0.161 e. The summed E-state index contributed by atoms with van der Waals surface area (Å²) in [5.41, 5.74) is 0. The molecule has 1 saturated heterocycles. The van der Waals surface area contributed by atoms with E-state index in [0.717, 1.165) is 25.5 Å². The van der Waals surface area contributed by atoms with Gasteiger partial charge < -0.3 is 9.53 Å². The topological polar surface area (TPSA) is 43.4 Å². The molecule has 1 rings (SSSR count). The molecule has 86 valence electrons. The molecule has 4 heteroatoms. The van der Waals surface area contributed by atoms with Crippen molar-refractivity contribution in [1.82, 2.24) is 0 Å². The molecule has 0 radical (unpaired) electrons. The number of ether oxygens (including phenoxy) is 1. The van der Waals surface area contributed by atoms with Crippen LogP contribution in [0.2, 0.25) is 13.1 Å². The van der Waals surface area contributed by atoms with Crippen LogP contribution in [0.15, 0.2) is 0 Å². The Hall–Kier alpha value is -0.483. The van der Waals surface area contributed by atoms with E-state index in [1.165, 1.54) is 0 Å². The summed E-state index contributed by atoms with van der Waals surface area (Å²) in [6.45, 7) is 5.02. The van der Waals surface area contributed by atoms with Crippen LogP contribution < -0.4 is 0 Å². The van der Waals surface area contributed by atoms with E-state index < -0.39 is 14.0 Å². The lowest BCUT2D eigenvalue weighted by atomic mass is 10.0. The number of hydrogen-bond acceptors (Lipinski definition) is 3. The molecule has 1 atom stereocenters. The van der Waals surface area contributed by atoms with Crippen LogP contribution >= 0.6 is 0 Å². The van der Waals surface area contributed by atoms with E-state index in [1.54, 1.807) is 0 Å². The normalized spacial score (nSPS) is 26.6. The van der Waals surface area contributed by atoms with E-state index in [2.05, 4.69) is 13.1 Å². The van der Waals surface area contributed by atoms with Gasteiger partial charge in [-0.2, -0.15) is 0 Å². The predicted octanol–water partition coefficient (Wildman–Crippen LogP) is 1.50. The second-order valence-electron chi connectivity index (χ2n) is 4.48. The summed E-state index contributed by atoms with van der Waals surface area (Å²) in [7, 11) is -1.18. The molecule has 0 aromatic heterocycles. The molecular formula is C11H20O3Si. The maximum Gasteiger partial charge on any atom is 0.161 e. The van der Waals surface area contributed by atoms with Gasteiger partial charge in [0.25, 0.3) is 0 Å². The van der Waals surface area contributed by atoms with E-state index in [0.29, 0.717) is 19.4 Å². The van der Waals surface area contributed by atoms with Crippen molar-refractivity contribution in [2.45, 2.75) is 50.4 Å². The largest absolute Gasteiger partial charge is 0.371 e. The molecule has 0 amide bonds. The van der Waals surface area contributed by atoms with Crippen molar-refractivity contribution in [1.29, 1.82) is 0 Å². The molecular weight excluding hydrogens is 208 g/mol. The minimum atomic E-state index is -1.18. The van der Waals surface area contributed by atoms with Gasteiger partial charge in [0.05, 0.1) is 8.80 Å². The zero-order valence-corrected chi connectivity index (χ0v) is 10.8. The highest BCUT2D eigenvalue weighted by molar-refractivity contribution is 6.64. The van der Waals surface area contributed by atoms with Gasteiger partial charge in [0.2, 0.25) is 0 Å². The van der Waals surface area contributed by atoms with Crippen molar-refractivity contribution in [3.05, 3.63) is 0 Å². The third-order valence-corrected chi connectivity index (χ3v) is 5.84. The van der Waals surface area contributed by atoms with Crippen LogP contribution in [0.25, 0.3) is 0 Å². The summed E-state index contributed by atoms with van der Waals surface area (Å²) in [6.07, 6.45) is 4.52. The first-order chi connectivity index (χ1) is 7.13. The Bertz CT molecular complexity index is 232. The fourth-order valence-corrected chi connectivity index (χ4v) is 4.24. The fraction of sp³-hybridized carbons (Fsp3) is 0.818. The Kier molecular flexibility index (Phi) is 4.66. The standard InChI is InChI=1S/C11H20O3Si/c1-15(2)11(7-3-4-9-14-11)10(13)6-5-8-12/h8,15H,3-7,9H2,1-2H3. The Labute approximate surface area is 92.8 Å². The van der Waals surface area contributed by atoms with Crippen molar-refractivity contribution >= 4 is 20.9 Å². The third kappa shape index (κ3) is 2.75. The van der Waals surface area contributed by atoms with E-state index >= 15 is 0 Å². The van der Waals surface area contributed by atoms with Gasteiger partial charge in [0.15, 0.2) is 5.78 Å². The molecule has 15 heavy (non-hydrogen) atoms. The molecule has 1 aliphatic heterocycles. The Morgan fingerprint density at radius 2 is 2.20 bits per heavy atom. The van der Waals surface area contributed by atoms with E-state index in [4.69, 9.17) is 4.74 Å². The molecule has 0 aliphatic carbocycles. The Balaban J connectivity index is 2.70. The number of ketones is 1. The van der Waals surface area contributed by atoms with Gasteiger partial charge in [-0.3, -0.25) is 4.79 Å². The zero-order valence-electron chi connectivity index (χ0n) is 9.62. The molecule has 0 aromatic carbocycles. The Morgan fingerprint density at radius 3 is 2.67 bits per heavy atom. The fourth-order valence-electron chi connectivity index (χ4n) is 2.21. The summed E-state index contributed by atoms with van der Waals surface area (Å²) < 4.78 is 5.78. The SMILES string of the molecule is C[SiH](C)C1(C(=O)CCC=O)CCCCO1. The number of hydrogen-bond donors (Lipinski definition) is 0. The number of carbonyl (C=O) groups excluding carboxylic acids is 2. The number of rotatable bonds is 5. The average molecular weight is 228 g/mol. The minimum Gasteiger partial charge on any atom is -0.371 e. The lowest BCUT2D eigenvalue weighted by Gasteiger charge is -2.39. The quantitative estimate of drug-likeness (QED) is 0.529. The molecule has 0 saturated carbocycles. The maximum atomic E-state index is 12.1. The van der Waals surface area contributed by atoms with Crippen molar-refractivity contribution in [3.63, 3.8) is 0 Å². The van der Waals surface area contributed by atoms with Gasteiger partial charge in [0, 0.05) is 19.4 Å². The van der Waals surface area contributed by atoms with E-state index in [9.17, 15) is 9.59 Å². The number of carbonyl (C=O) groups is 2. The molecule has 0 spiro atoms. The van der Waals surface area contributed by atoms with Crippen LogP contribution in [-0.4, -0.2) is 32.7 Å². The van der Waals surface area contributed by atoms with E-state index in [1.807, 2.05) is 0 Å². The molecule has 1 aliphatic rings. The van der Waals surface area contributed by atoms with Crippen LogP contribution in [-0.2, 0) is 14.3 Å². The van der Waals surface area contributed by atoms with Gasteiger partial charge >= 0.3 is 0 Å². The highest BCUT2D eigenvalue weighted by atomic mass is 28.3. The molecule has 1 heterocycles. The van der Waals surface area contributed by atoms with Gasteiger partial charge in [-0.05, 0) is 19.3 Å². The highest BCUT2D eigenvalue weighted by Crippen LogP contribution is 2.30. The first-order valence-electron chi connectivity index (χ1n) is 5.74. The molecule has 1 unspecified atom stereocenters. The van der Waals surface area contributed by atoms with Crippen LogP contribution in [0.4, 0.5) is 0 Å². The molecule has 1 fully saturated rings. The van der Waals surface area contributed by atoms with Crippen molar-refractivity contribution in [3.8, 4) is 0 Å². The van der Waals surface area contributed by atoms with E-state index in [-0.39, 0.29) is 5.78 Å². The summed E-state index contributed by atoms with van der Waals surface area (Å²) >= 11 is 0. The van der Waals surface area contributed by atoms with Crippen molar-refractivity contribution in [2.24, 2.45) is 0 Å². The first-order valence-corrected chi connectivity index (χ1v) is 8.63. The second-order valence-corrected chi connectivity index (χ2v) is 7.72. The first kappa shape index (κ1) is 12.6. The average Bonchev–Trinajstić information content (AvgIpc) is 2.26. The lowest BCUT2D eigenvalue weighted by Crippen LogP contribution is -2.53. The molecule has 0 N–H and O–H groups in total. The van der Waals surface area contributed by atoms with Crippen molar-refractivity contribution in [2.75, 3.05) is 6.61 Å². The molecule has 0 aromatic rings. The van der Waals surface area contributed by atoms with Gasteiger partial charge in [-0.15, -0.1) is 0 Å². The van der Waals surface area contributed by atoms with Crippen molar-refractivity contribution < 1.29 is 14.3 Å². The third-order valence-electron chi connectivity index (χ3n) is 3.20. The minimum absolute atomic E-state index is 0.163. The summed E-state index contributed by atoms with van der Waals surface area (Å²) in [6, 6.07) is 0. The summed E-state index contributed by atoms with van der Waals surface area (Å²) in [4.78, 5) is 22.4. The number of Topliss-reactive ketones (excluding diaryl/α,β-unsaturated/α-hetero) is 1. The van der Waals surface area contributed by atoms with Gasteiger partial charge in [0.1, 0.15) is 11.5 Å². The summed E-state index contributed by atoms with van der Waals surface area (Å²) in [5, 5.41) is -0.471. The molecule has 0 bridgehead atoms. The van der Waals surface area contributed by atoms with Gasteiger partial charge in [-0.1, -0.05) is 13.1 Å². The van der Waals surface area contributed by atoms with Crippen LogP contribution in [0.5, 0.6) is 0 Å². The highest BCUT2D eigenvalue weighted by Gasteiger charge is 2.43. The predicted molar refractivity (Wildman–Crippen MR) is 61.7 cm³/mol. The van der Waals surface area contributed by atoms with Crippen LogP contribution in [0, 0.1) is 0 Å². The number of aldehydes is 1. The second kappa shape index (κ2) is 5.56. The van der Waals surface area contributed by atoms with Crippen LogP contribution in [0.1, 0.15) is 32.1 Å². The maximum absolute atomic E-state index is 12.1. The lowest BCUT2D eigenvalue weighted by molar-refractivity contribution is -0.139. The summed E-state index contributed by atoms with van der Waals surface area (Å²) in [5.74, 6) is 0.163.